The van der Waals surface area contributed by atoms with Gasteiger partial charge in [0, 0.05) is 35.3 Å². The molecule has 0 aliphatic rings. The molecule has 0 radical (unpaired) electrons. The van der Waals surface area contributed by atoms with E-state index in [4.69, 9.17) is 19.2 Å². The number of hydrogen-bond donors (Lipinski definition) is 1. The van der Waals surface area contributed by atoms with Gasteiger partial charge in [-0.15, -0.1) is 0 Å². The number of aromatic nitrogens is 4. The molecule has 0 unspecified atom stereocenters. The second-order valence-electron chi connectivity index (χ2n) is 7.28. The van der Waals surface area contributed by atoms with Gasteiger partial charge in [-0.3, -0.25) is 5.10 Å². The molecule has 0 saturated heterocycles. The van der Waals surface area contributed by atoms with Crippen molar-refractivity contribution in [1.29, 1.82) is 0 Å². The van der Waals surface area contributed by atoms with Gasteiger partial charge in [-0.2, -0.15) is 5.10 Å². The number of nitrogens with one attached hydrogen (secondary N) is 1. The molecule has 0 fully saturated rings. The van der Waals surface area contributed by atoms with Crippen LogP contribution in [0.1, 0.15) is 0 Å². The Morgan fingerprint density at radius 3 is 2.32 bits per heavy atom. The molecule has 0 atom stereocenters. The zero-order valence-electron chi connectivity index (χ0n) is 17.8. The lowest BCUT2D eigenvalue weighted by atomic mass is 10.1. The fourth-order valence-corrected chi connectivity index (χ4v) is 3.92. The SMILES string of the molecule is COc1cc(-c2n[nH]c3ccc(-c4ccc5c(ccn5C)c4)nc23)cc(OC)c1OC. The number of rotatable bonds is 5. The van der Waals surface area contributed by atoms with Crippen molar-refractivity contribution in [3.8, 4) is 39.8 Å². The first-order valence-corrected chi connectivity index (χ1v) is 9.84. The Kier molecular flexibility index (Phi) is 4.51. The Hall–Kier alpha value is -4.00. The van der Waals surface area contributed by atoms with Gasteiger partial charge in [0.05, 0.1) is 32.5 Å². The molecular formula is C24H22N4O3. The van der Waals surface area contributed by atoms with Crippen molar-refractivity contribution in [2.75, 3.05) is 21.3 Å². The van der Waals surface area contributed by atoms with Crippen molar-refractivity contribution < 1.29 is 14.2 Å². The van der Waals surface area contributed by atoms with Crippen LogP contribution in [-0.4, -0.2) is 41.1 Å². The van der Waals surface area contributed by atoms with E-state index in [0.717, 1.165) is 33.5 Å². The first kappa shape index (κ1) is 19.0. The Morgan fingerprint density at radius 1 is 0.839 bits per heavy atom. The van der Waals surface area contributed by atoms with Crippen LogP contribution in [-0.2, 0) is 7.05 Å². The van der Waals surface area contributed by atoms with Crippen LogP contribution in [0, 0.1) is 0 Å². The van der Waals surface area contributed by atoms with Gasteiger partial charge in [-0.05, 0) is 42.5 Å². The second-order valence-corrected chi connectivity index (χ2v) is 7.28. The van der Waals surface area contributed by atoms with Gasteiger partial charge in [-0.25, -0.2) is 4.98 Å². The Bertz CT molecular complexity index is 1390. The van der Waals surface area contributed by atoms with Crippen molar-refractivity contribution in [1.82, 2.24) is 19.7 Å². The number of pyridine rings is 1. The number of methoxy groups -OCH3 is 3. The highest BCUT2D eigenvalue weighted by molar-refractivity contribution is 5.93. The fraction of sp³-hybridized carbons (Fsp3) is 0.167. The number of benzene rings is 2. The first-order chi connectivity index (χ1) is 15.1. The highest BCUT2D eigenvalue weighted by Gasteiger charge is 2.18. The predicted octanol–water partition coefficient (Wildman–Crippen LogP) is 4.81. The second kappa shape index (κ2) is 7.36. The van der Waals surface area contributed by atoms with Crippen LogP contribution in [0.5, 0.6) is 17.2 Å². The summed E-state index contributed by atoms with van der Waals surface area (Å²) in [5.41, 5.74) is 6.30. The molecule has 0 aliphatic carbocycles. The summed E-state index contributed by atoms with van der Waals surface area (Å²) in [6.07, 6.45) is 2.06. The van der Waals surface area contributed by atoms with Crippen molar-refractivity contribution in [3.05, 3.63) is 54.7 Å². The molecule has 5 rings (SSSR count). The lowest BCUT2D eigenvalue weighted by Crippen LogP contribution is -1.96. The first-order valence-electron chi connectivity index (χ1n) is 9.84. The Balaban J connectivity index is 1.66. The third-order valence-electron chi connectivity index (χ3n) is 5.53. The van der Waals surface area contributed by atoms with Crippen LogP contribution in [0.4, 0.5) is 0 Å². The number of H-pyrrole nitrogens is 1. The highest BCUT2D eigenvalue weighted by Crippen LogP contribution is 2.42. The van der Waals surface area contributed by atoms with Crippen LogP contribution in [0.2, 0.25) is 0 Å². The number of ether oxygens (including phenoxy) is 3. The summed E-state index contributed by atoms with van der Waals surface area (Å²) in [6.45, 7) is 0. The van der Waals surface area contributed by atoms with Crippen molar-refractivity contribution >= 4 is 21.9 Å². The topological polar surface area (TPSA) is 74.2 Å². The summed E-state index contributed by atoms with van der Waals surface area (Å²) in [4.78, 5) is 4.94. The van der Waals surface area contributed by atoms with E-state index >= 15 is 0 Å². The Labute approximate surface area is 179 Å². The molecule has 7 heteroatoms. The van der Waals surface area contributed by atoms with Gasteiger partial charge in [0.15, 0.2) is 11.5 Å². The van der Waals surface area contributed by atoms with Crippen LogP contribution >= 0.6 is 0 Å². The largest absolute Gasteiger partial charge is 0.493 e. The number of nitrogens with zero attached hydrogens (tertiary/aromatic N) is 3. The van der Waals surface area contributed by atoms with Gasteiger partial charge in [-0.1, -0.05) is 6.07 Å². The summed E-state index contributed by atoms with van der Waals surface area (Å²) in [5.74, 6) is 1.68. The van der Waals surface area contributed by atoms with Gasteiger partial charge in [0.25, 0.3) is 0 Å². The van der Waals surface area contributed by atoms with Crippen LogP contribution in [0.3, 0.4) is 0 Å². The molecule has 3 heterocycles. The molecule has 31 heavy (non-hydrogen) atoms. The molecule has 3 aromatic heterocycles. The zero-order chi connectivity index (χ0) is 21.5. The lowest BCUT2D eigenvalue weighted by Gasteiger charge is -2.13. The fourth-order valence-electron chi connectivity index (χ4n) is 3.92. The van der Waals surface area contributed by atoms with Crippen LogP contribution in [0.15, 0.2) is 54.7 Å². The van der Waals surface area contributed by atoms with E-state index in [-0.39, 0.29) is 0 Å². The average Bonchev–Trinajstić information content (AvgIpc) is 3.40. The van der Waals surface area contributed by atoms with Crippen molar-refractivity contribution in [3.63, 3.8) is 0 Å². The minimum atomic E-state index is 0.540. The number of aryl methyl sites for hydroxylation is 1. The van der Waals surface area contributed by atoms with Gasteiger partial charge >= 0.3 is 0 Å². The molecule has 5 aromatic rings. The third-order valence-corrected chi connectivity index (χ3v) is 5.53. The maximum Gasteiger partial charge on any atom is 0.203 e. The number of fused-ring (bicyclic) bond motifs is 2. The monoisotopic (exact) mass is 414 g/mol. The van der Waals surface area contributed by atoms with E-state index < -0.39 is 0 Å². The normalized spacial score (nSPS) is 11.2. The van der Waals surface area contributed by atoms with Crippen LogP contribution < -0.4 is 14.2 Å². The molecule has 0 saturated carbocycles. The standard InChI is InChI=1S/C24H22N4O3/c1-28-10-9-15-11-14(5-8-19(15)28)17-6-7-18-23(25-17)22(27-26-18)16-12-20(29-2)24(31-4)21(13-16)30-3/h5-13H,1-4H3,(H,26,27). The summed E-state index contributed by atoms with van der Waals surface area (Å²) in [6, 6.07) is 16.2. The van der Waals surface area contributed by atoms with Crippen molar-refractivity contribution in [2.45, 2.75) is 0 Å². The van der Waals surface area contributed by atoms with Crippen LogP contribution in [0.25, 0.3) is 44.5 Å². The lowest BCUT2D eigenvalue weighted by molar-refractivity contribution is 0.324. The molecule has 0 amide bonds. The van der Waals surface area contributed by atoms with Crippen molar-refractivity contribution in [2.24, 2.45) is 7.05 Å². The molecule has 156 valence electrons. The van der Waals surface area contributed by atoms with E-state index in [1.54, 1.807) is 21.3 Å². The molecule has 1 N–H and O–H groups in total. The minimum absolute atomic E-state index is 0.540. The highest BCUT2D eigenvalue weighted by atomic mass is 16.5. The molecule has 0 spiro atoms. The minimum Gasteiger partial charge on any atom is -0.493 e. The zero-order valence-corrected chi connectivity index (χ0v) is 17.8. The molecule has 0 aliphatic heterocycles. The van der Waals surface area contributed by atoms with E-state index in [2.05, 4.69) is 45.2 Å². The van der Waals surface area contributed by atoms with Gasteiger partial charge in [0.2, 0.25) is 5.75 Å². The molecule has 0 bridgehead atoms. The summed E-state index contributed by atoms with van der Waals surface area (Å²) >= 11 is 0. The quantitative estimate of drug-likeness (QED) is 0.447. The summed E-state index contributed by atoms with van der Waals surface area (Å²) < 4.78 is 18.5. The Morgan fingerprint density at radius 2 is 1.61 bits per heavy atom. The number of aromatic amines is 1. The predicted molar refractivity (Wildman–Crippen MR) is 121 cm³/mol. The smallest absolute Gasteiger partial charge is 0.203 e. The van der Waals surface area contributed by atoms with E-state index in [0.29, 0.717) is 17.2 Å². The molecule has 7 nitrogen and oxygen atoms in total. The average molecular weight is 414 g/mol. The van der Waals surface area contributed by atoms with E-state index in [9.17, 15) is 0 Å². The number of hydrogen-bond acceptors (Lipinski definition) is 5. The summed E-state index contributed by atoms with van der Waals surface area (Å²) in [7, 11) is 6.82. The van der Waals surface area contributed by atoms with E-state index in [1.807, 2.05) is 31.3 Å². The van der Waals surface area contributed by atoms with Gasteiger partial charge < -0.3 is 18.8 Å². The van der Waals surface area contributed by atoms with E-state index in [1.165, 1.54) is 10.9 Å². The maximum atomic E-state index is 5.50. The summed E-state index contributed by atoms with van der Waals surface area (Å²) in [5, 5.41) is 8.77. The molecule has 2 aromatic carbocycles. The molecular weight excluding hydrogens is 392 g/mol. The maximum absolute atomic E-state index is 5.50. The van der Waals surface area contributed by atoms with Gasteiger partial charge in [0.1, 0.15) is 11.2 Å². The third kappa shape index (κ3) is 3.06.